The summed E-state index contributed by atoms with van der Waals surface area (Å²) in [5.41, 5.74) is 2.24. The predicted octanol–water partition coefficient (Wildman–Crippen LogP) is 3.59. The van der Waals surface area contributed by atoms with Gasteiger partial charge in [0.05, 0.1) is 43.0 Å². The normalized spacial score (nSPS) is 10.5. The van der Waals surface area contributed by atoms with Gasteiger partial charge in [0, 0.05) is 6.07 Å². The third-order valence-electron chi connectivity index (χ3n) is 3.98. The lowest BCUT2D eigenvalue weighted by molar-refractivity contribution is 0.102. The van der Waals surface area contributed by atoms with E-state index in [4.69, 9.17) is 9.47 Å². The van der Waals surface area contributed by atoms with Gasteiger partial charge in [-0.15, -0.1) is 0 Å². The molecule has 7 heteroatoms. The van der Waals surface area contributed by atoms with Gasteiger partial charge in [-0.2, -0.15) is 5.10 Å². The fourth-order valence-corrected chi connectivity index (χ4v) is 2.57. The molecule has 3 rings (SSSR count). The number of carbonyl (C=O) groups is 1. The van der Waals surface area contributed by atoms with Crippen molar-refractivity contribution < 1.29 is 18.7 Å². The molecule has 1 N–H and O–H groups in total. The van der Waals surface area contributed by atoms with Gasteiger partial charge in [-0.25, -0.2) is 9.07 Å². The van der Waals surface area contributed by atoms with Crippen LogP contribution in [-0.2, 0) is 0 Å². The lowest BCUT2D eigenvalue weighted by Gasteiger charge is -2.11. The summed E-state index contributed by atoms with van der Waals surface area (Å²) >= 11 is 0. The minimum atomic E-state index is -0.330. The predicted molar refractivity (Wildman–Crippen MR) is 95.8 cm³/mol. The van der Waals surface area contributed by atoms with Crippen LogP contribution in [0.15, 0.2) is 48.7 Å². The Bertz CT molecular complexity index is 936. The van der Waals surface area contributed by atoms with Gasteiger partial charge in [-0.3, -0.25) is 4.79 Å². The topological polar surface area (TPSA) is 65.4 Å². The Morgan fingerprint density at radius 3 is 2.50 bits per heavy atom. The number of nitrogens with zero attached hydrogens (tertiary/aromatic N) is 2. The van der Waals surface area contributed by atoms with Crippen LogP contribution in [0, 0.1) is 12.7 Å². The summed E-state index contributed by atoms with van der Waals surface area (Å²) in [6.07, 6.45) is 1.48. The lowest BCUT2D eigenvalue weighted by Crippen LogP contribution is -2.14. The molecule has 26 heavy (non-hydrogen) atoms. The number of hydrogen-bond acceptors (Lipinski definition) is 4. The van der Waals surface area contributed by atoms with Crippen LogP contribution in [0.1, 0.15) is 16.1 Å². The summed E-state index contributed by atoms with van der Waals surface area (Å²) in [5.74, 6) is 0.462. The van der Waals surface area contributed by atoms with Crippen LogP contribution in [0.3, 0.4) is 0 Å². The van der Waals surface area contributed by atoms with Gasteiger partial charge >= 0.3 is 0 Å². The zero-order valence-corrected chi connectivity index (χ0v) is 14.6. The molecular weight excluding hydrogens is 337 g/mol. The van der Waals surface area contributed by atoms with Crippen molar-refractivity contribution in [2.75, 3.05) is 19.5 Å². The number of rotatable bonds is 5. The summed E-state index contributed by atoms with van der Waals surface area (Å²) in [6.45, 7) is 1.77. The maximum absolute atomic E-state index is 13.1. The highest BCUT2D eigenvalue weighted by Crippen LogP contribution is 2.29. The number of ether oxygens (including phenoxy) is 2. The monoisotopic (exact) mass is 355 g/mol. The van der Waals surface area contributed by atoms with Crippen molar-refractivity contribution in [3.8, 4) is 17.2 Å². The Hall–Kier alpha value is -3.35. The smallest absolute Gasteiger partial charge is 0.259 e. The van der Waals surface area contributed by atoms with E-state index in [1.807, 2.05) is 0 Å². The molecule has 0 radical (unpaired) electrons. The van der Waals surface area contributed by atoms with Gasteiger partial charge in [0.2, 0.25) is 0 Å². The number of methoxy groups -OCH3 is 2. The number of halogens is 1. The van der Waals surface area contributed by atoms with Crippen LogP contribution < -0.4 is 14.8 Å². The van der Waals surface area contributed by atoms with Crippen LogP contribution in [0.25, 0.3) is 5.69 Å². The minimum absolute atomic E-state index is 0.320. The number of aromatic nitrogens is 2. The van der Waals surface area contributed by atoms with Crippen molar-refractivity contribution in [3.63, 3.8) is 0 Å². The van der Waals surface area contributed by atoms with Crippen LogP contribution in [-0.4, -0.2) is 29.9 Å². The fourth-order valence-electron chi connectivity index (χ4n) is 2.57. The van der Waals surface area contributed by atoms with E-state index in [1.54, 1.807) is 49.0 Å². The molecule has 0 aliphatic rings. The second kappa shape index (κ2) is 7.26. The number of anilines is 1. The van der Waals surface area contributed by atoms with E-state index in [1.165, 1.54) is 25.4 Å². The van der Waals surface area contributed by atoms with E-state index in [9.17, 15) is 9.18 Å². The molecule has 134 valence electrons. The Kier molecular flexibility index (Phi) is 4.88. The minimum Gasteiger partial charge on any atom is -0.497 e. The Labute approximate surface area is 150 Å². The first-order valence-electron chi connectivity index (χ1n) is 7.87. The van der Waals surface area contributed by atoms with Crippen molar-refractivity contribution in [3.05, 3.63) is 65.7 Å². The van der Waals surface area contributed by atoms with Gasteiger partial charge in [0.15, 0.2) is 0 Å². The zero-order valence-electron chi connectivity index (χ0n) is 14.6. The number of benzene rings is 2. The molecule has 0 fully saturated rings. The summed E-state index contributed by atoms with van der Waals surface area (Å²) < 4.78 is 25.1. The molecule has 2 aromatic carbocycles. The average molecular weight is 355 g/mol. The molecule has 0 unspecified atom stereocenters. The fraction of sp³-hybridized carbons (Fsp3) is 0.158. The number of amides is 1. The first kappa shape index (κ1) is 17.5. The molecule has 1 aromatic heterocycles. The highest BCUT2D eigenvalue weighted by Gasteiger charge is 2.17. The van der Waals surface area contributed by atoms with E-state index < -0.39 is 0 Å². The summed E-state index contributed by atoms with van der Waals surface area (Å²) in [6, 6.07) is 11.0. The lowest BCUT2D eigenvalue weighted by atomic mass is 10.2. The molecule has 0 aliphatic heterocycles. The Balaban J connectivity index is 1.86. The molecule has 1 heterocycles. The highest BCUT2D eigenvalue weighted by molar-refractivity contribution is 6.05. The second-order valence-corrected chi connectivity index (χ2v) is 5.55. The van der Waals surface area contributed by atoms with E-state index in [0.29, 0.717) is 34.1 Å². The summed E-state index contributed by atoms with van der Waals surface area (Å²) in [7, 11) is 3.07. The van der Waals surface area contributed by atoms with Crippen molar-refractivity contribution in [2.24, 2.45) is 0 Å². The molecule has 0 saturated heterocycles. The Morgan fingerprint density at radius 2 is 1.85 bits per heavy atom. The van der Waals surface area contributed by atoms with E-state index in [2.05, 4.69) is 10.4 Å². The van der Waals surface area contributed by atoms with Crippen LogP contribution in [0.4, 0.5) is 10.1 Å². The molecule has 3 aromatic rings. The van der Waals surface area contributed by atoms with Gasteiger partial charge < -0.3 is 14.8 Å². The quantitative estimate of drug-likeness (QED) is 0.760. The standard InChI is InChI=1S/C19H18FN3O3/c1-12-16(11-21-23(12)14-6-4-13(20)5-7-14)19(24)22-17-9-8-15(25-2)10-18(17)26-3/h4-11H,1-3H3,(H,22,24). The Morgan fingerprint density at radius 1 is 1.12 bits per heavy atom. The van der Waals surface area contributed by atoms with E-state index >= 15 is 0 Å². The van der Waals surface area contributed by atoms with Crippen molar-refractivity contribution in [1.29, 1.82) is 0 Å². The zero-order chi connectivity index (χ0) is 18.7. The van der Waals surface area contributed by atoms with Crippen LogP contribution in [0.5, 0.6) is 11.5 Å². The van der Waals surface area contributed by atoms with Gasteiger partial charge in [-0.1, -0.05) is 0 Å². The molecule has 0 bridgehead atoms. The molecule has 0 aliphatic carbocycles. The van der Waals surface area contributed by atoms with Crippen molar-refractivity contribution in [2.45, 2.75) is 6.92 Å². The summed E-state index contributed by atoms with van der Waals surface area (Å²) in [4.78, 5) is 12.6. The largest absolute Gasteiger partial charge is 0.497 e. The number of nitrogens with one attached hydrogen (secondary N) is 1. The number of carbonyl (C=O) groups excluding carboxylic acids is 1. The molecule has 0 atom stereocenters. The maximum Gasteiger partial charge on any atom is 0.259 e. The maximum atomic E-state index is 13.1. The van der Waals surface area contributed by atoms with E-state index in [-0.39, 0.29) is 11.7 Å². The molecule has 6 nitrogen and oxygen atoms in total. The third-order valence-corrected chi connectivity index (χ3v) is 3.98. The highest BCUT2D eigenvalue weighted by atomic mass is 19.1. The molecule has 0 saturated carbocycles. The molecule has 0 spiro atoms. The van der Waals surface area contributed by atoms with Crippen molar-refractivity contribution in [1.82, 2.24) is 9.78 Å². The third kappa shape index (κ3) is 3.37. The summed E-state index contributed by atoms with van der Waals surface area (Å²) in [5, 5.41) is 7.04. The number of hydrogen-bond donors (Lipinski definition) is 1. The van der Waals surface area contributed by atoms with Gasteiger partial charge in [0.1, 0.15) is 17.3 Å². The molecule has 1 amide bonds. The first-order valence-corrected chi connectivity index (χ1v) is 7.87. The van der Waals surface area contributed by atoms with Gasteiger partial charge in [0.25, 0.3) is 5.91 Å². The molecular formula is C19H18FN3O3. The first-order chi connectivity index (χ1) is 12.5. The SMILES string of the molecule is COc1ccc(NC(=O)c2cnn(-c3ccc(F)cc3)c2C)c(OC)c1. The average Bonchev–Trinajstić information content (AvgIpc) is 3.04. The van der Waals surface area contributed by atoms with E-state index in [0.717, 1.165) is 0 Å². The van der Waals surface area contributed by atoms with Crippen LogP contribution >= 0.6 is 0 Å². The van der Waals surface area contributed by atoms with Gasteiger partial charge in [-0.05, 0) is 43.3 Å². The second-order valence-electron chi connectivity index (χ2n) is 5.55. The van der Waals surface area contributed by atoms with Crippen LogP contribution in [0.2, 0.25) is 0 Å². The van der Waals surface area contributed by atoms with Crippen molar-refractivity contribution >= 4 is 11.6 Å².